The Morgan fingerprint density at radius 1 is 0.720 bits per heavy atom. The van der Waals surface area contributed by atoms with E-state index in [0.29, 0.717) is 7.25 Å². The molecular weight excluding hydrogens is 379 g/mol. The van der Waals surface area contributed by atoms with Crippen molar-refractivity contribution in [3.05, 3.63) is 81.9 Å². The Balaban J connectivity index is 1.95. The first-order valence-corrected chi connectivity index (χ1v) is 19.1. The number of fused-ring (bicyclic) bond motifs is 2. The maximum absolute atomic E-state index is 3.24. The zero-order valence-corrected chi connectivity index (χ0v) is 18.6. The Labute approximate surface area is 153 Å². The second-order valence-electron chi connectivity index (χ2n) is 9.19. The van der Waals surface area contributed by atoms with Crippen LogP contribution < -0.4 is 0 Å². The van der Waals surface area contributed by atoms with E-state index in [0.717, 1.165) is 0 Å². The summed E-state index contributed by atoms with van der Waals surface area (Å²) in [5, 5.41) is 0. The van der Waals surface area contributed by atoms with Gasteiger partial charge < -0.3 is 0 Å². The summed E-state index contributed by atoms with van der Waals surface area (Å²) in [5.41, 5.74) is 9.28. The van der Waals surface area contributed by atoms with Crippen molar-refractivity contribution < 1.29 is 18.8 Å². The molecule has 2 atom stereocenters. The third-order valence-electron chi connectivity index (χ3n) is 7.30. The minimum atomic E-state index is -3.24. The van der Waals surface area contributed by atoms with E-state index in [-0.39, 0.29) is 0 Å². The van der Waals surface area contributed by atoms with Crippen LogP contribution in [0.1, 0.15) is 50.3 Å². The number of hydrogen-bond acceptors (Lipinski definition) is 0. The molecule has 2 aliphatic rings. The van der Waals surface area contributed by atoms with Gasteiger partial charge in [-0.2, -0.15) is 0 Å². The zero-order valence-electron chi connectivity index (χ0n) is 16.1. The Bertz CT molecular complexity index is 842. The molecule has 129 valence electrons. The van der Waals surface area contributed by atoms with Crippen LogP contribution in [0.15, 0.2) is 59.7 Å². The molecule has 1 heteroatoms. The molecule has 0 saturated carbocycles. The van der Waals surface area contributed by atoms with E-state index in [2.05, 4.69) is 90.7 Å². The Kier molecular flexibility index (Phi) is 3.89. The monoisotopic (exact) mass is 407 g/mol. The van der Waals surface area contributed by atoms with Gasteiger partial charge in [0.05, 0.1) is 0 Å². The van der Waals surface area contributed by atoms with Gasteiger partial charge in [0.2, 0.25) is 0 Å². The molecule has 0 radical (unpaired) electrons. The van der Waals surface area contributed by atoms with Gasteiger partial charge in [0.15, 0.2) is 0 Å². The van der Waals surface area contributed by atoms with Crippen LogP contribution in [0.25, 0.3) is 12.2 Å². The predicted octanol–water partition coefficient (Wildman–Crippen LogP) is 7.53. The summed E-state index contributed by atoms with van der Waals surface area (Å²) < 4.78 is 8.12. The number of rotatable bonds is 3. The molecule has 2 aromatic carbocycles. The second kappa shape index (κ2) is 5.65. The first-order chi connectivity index (χ1) is 11.9. The molecule has 2 unspecified atom stereocenters. The van der Waals surface area contributed by atoms with E-state index in [1.54, 1.807) is 22.3 Å². The number of allylic oxidation sites excluding steroid dienone is 2. The van der Waals surface area contributed by atoms with Gasteiger partial charge in [0.25, 0.3) is 0 Å². The Morgan fingerprint density at radius 3 is 1.52 bits per heavy atom. The van der Waals surface area contributed by atoms with Crippen LogP contribution >= 0.6 is 0 Å². The van der Waals surface area contributed by atoms with Gasteiger partial charge in [0.1, 0.15) is 0 Å². The van der Waals surface area contributed by atoms with Gasteiger partial charge in [-0.05, 0) is 0 Å². The van der Waals surface area contributed by atoms with Crippen molar-refractivity contribution in [1.82, 2.24) is 0 Å². The summed E-state index contributed by atoms with van der Waals surface area (Å²) >= 11 is -3.24. The summed E-state index contributed by atoms with van der Waals surface area (Å²) in [6.07, 6.45) is 4.91. The van der Waals surface area contributed by atoms with Crippen LogP contribution in [0, 0.1) is 0 Å². The molecule has 0 spiro atoms. The van der Waals surface area contributed by atoms with Gasteiger partial charge in [-0.25, -0.2) is 0 Å². The van der Waals surface area contributed by atoms with E-state index in [1.165, 1.54) is 15.3 Å². The fourth-order valence-corrected chi connectivity index (χ4v) is 23.0. The summed E-state index contributed by atoms with van der Waals surface area (Å²) in [4.78, 5) is 0. The van der Waals surface area contributed by atoms with E-state index >= 15 is 0 Å². The van der Waals surface area contributed by atoms with Crippen molar-refractivity contribution in [2.24, 2.45) is 0 Å². The van der Waals surface area contributed by atoms with Crippen molar-refractivity contribution in [3.8, 4) is 0 Å². The fraction of sp³-hybridized carbons (Fsp3) is 0.333. The molecule has 2 aromatic rings. The van der Waals surface area contributed by atoms with Crippen LogP contribution in [0.5, 0.6) is 0 Å². The third-order valence-corrected chi connectivity index (χ3v) is 25.9. The Hall–Kier alpha value is -1.20. The molecule has 0 amide bonds. The molecule has 25 heavy (non-hydrogen) atoms. The Morgan fingerprint density at radius 2 is 1.12 bits per heavy atom. The first kappa shape index (κ1) is 17.2. The minimum absolute atomic E-state index is 0.655. The summed E-state index contributed by atoms with van der Waals surface area (Å²) in [7, 11) is 0. The van der Waals surface area contributed by atoms with E-state index in [9.17, 15) is 0 Å². The number of hydrogen-bond donors (Lipinski definition) is 0. The van der Waals surface area contributed by atoms with Gasteiger partial charge >= 0.3 is 154 Å². The number of benzene rings is 2. The fourth-order valence-electron chi connectivity index (χ4n) is 6.05. The molecule has 2 aliphatic carbocycles. The summed E-state index contributed by atoms with van der Waals surface area (Å²) in [6, 6.07) is 18.2. The molecule has 0 saturated heterocycles. The zero-order chi connectivity index (χ0) is 17.8. The van der Waals surface area contributed by atoms with Crippen LogP contribution in [-0.2, 0) is 18.8 Å². The van der Waals surface area contributed by atoms with E-state index < -0.39 is 18.8 Å². The average molecular weight is 409 g/mol. The SMILES string of the molecule is C[CH2][Zr]([CH3])([CH3])([CH]1C(C)=Cc2ccccc21)[CH]1C(C)=Cc2ccccc21. The topological polar surface area (TPSA) is 0 Å². The van der Waals surface area contributed by atoms with Gasteiger partial charge in [-0.1, -0.05) is 0 Å². The van der Waals surface area contributed by atoms with E-state index in [4.69, 9.17) is 0 Å². The van der Waals surface area contributed by atoms with Crippen molar-refractivity contribution in [2.45, 2.75) is 41.4 Å². The van der Waals surface area contributed by atoms with Crippen LogP contribution in [0.2, 0.25) is 13.4 Å². The van der Waals surface area contributed by atoms with Crippen molar-refractivity contribution in [1.29, 1.82) is 0 Å². The molecular formula is C24H29Zr. The standard InChI is InChI=1S/2C10H9.C2H5.2CH3.Zr/c2*1-8-6-9-4-2-3-5-10(9)7-8;1-2;;;/h2*2-7H,1H3;1H2,2H3;2*1H3;. The quantitative estimate of drug-likeness (QED) is 0.492. The van der Waals surface area contributed by atoms with Gasteiger partial charge in [-0.3, -0.25) is 0 Å². The van der Waals surface area contributed by atoms with E-state index in [1.807, 2.05) is 0 Å². The summed E-state index contributed by atoms with van der Waals surface area (Å²) in [5.74, 6) is 0. The normalized spacial score (nSPS) is 23.3. The molecule has 0 aromatic heterocycles. The summed E-state index contributed by atoms with van der Waals surface area (Å²) in [6.45, 7) is 7.22. The van der Waals surface area contributed by atoms with Gasteiger partial charge in [0, 0.05) is 0 Å². The molecule has 0 N–H and O–H groups in total. The van der Waals surface area contributed by atoms with Gasteiger partial charge in [-0.15, -0.1) is 0 Å². The molecule has 0 fully saturated rings. The maximum atomic E-state index is 2.73. The molecule has 0 aliphatic heterocycles. The van der Waals surface area contributed by atoms with Crippen LogP contribution in [-0.4, -0.2) is 0 Å². The average Bonchev–Trinajstić information content (AvgIpc) is 3.11. The second-order valence-corrected chi connectivity index (χ2v) is 28.2. The van der Waals surface area contributed by atoms with Crippen LogP contribution in [0.4, 0.5) is 0 Å². The third kappa shape index (κ3) is 2.35. The molecule has 0 bridgehead atoms. The first-order valence-electron chi connectivity index (χ1n) is 9.60. The van der Waals surface area contributed by atoms with Crippen molar-refractivity contribution in [3.63, 3.8) is 0 Å². The van der Waals surface area contributed by atoms with Crippen LogP contribution in [0.3, 0.4) is 0 Å². The molecule has 0 heterocycles. The molecule has 4 rings (SSSR count). The van der Waals surface area contributed by atoms with Crippen molar-refractivity contribution in [2.75, 3.05) is 0 Å². The predicted molar refractivity (Wildman–Crippen MR) is 108 cm³/mol. The van der Waals surface area contributed by atoms with Crippen molar-refractivity contribution >= 4 is 12.2 Å². The molecule has 0 nitrogen and oxygen atoms in total.